The molecule has 2 unspecified atom stereocenters. The molecule has 51 heavy (non-hydrogen) atoms. The van der Waals surface area contributed by atoms with Gasteiger partial charge in [0, 0.05) is 43.2 Å². The third-order valence-electron chi connectivity index (χ3n) is 9.66. The fourth-order valence-corrected chi connectivity index (χ4v) is 7.70. The zero-order chi connectivity index (χ0) is 34.7. The molecule has 260 valence electrons. The van der Waals surface area contributed by atoms with Crippen LogP contribution in [0.1, 0.15) is 43.0 Å². The van der Waals surface area contributed by atoms with Gasteiger partial charge in [-0.3, -0.25) is 19.1 Å². The van der Waals surface area contributed by atoms with Gasteiger partial charge in [-0.15, -0.1) is 0 Å². The van der Waals surface area contributed by atoms with Gasteiger partial charge < -0.3 is 24.0 Å². The van der Waals surface area contributed by atoms with Crippen LogP contribution in [-0.4, -0.2) is 71.6 Å². The molecule has 0 N–H and O–H groups in total. The van der Waals surface area contributed by atoms with Crippen LogP contribution in [0.2, 0.25) is 0 Å². The van der Waals surface area contributed by atoms with Crippen molar-refractivity contribution in [2.45, 2.75) is 38.6 Å². The zero-order valence-electron chi connectivity index (χ0n) is 28.6. The molecular formula is C40H40N5O5P. The molecule has 2 atom stereocenters. The largest absolute Gasteiger partial charge is 0.490 e. The lowest BCUT2D eigenvalue weighted by Crippen LogP contribution is -2.35. The number of rotatable bonds is 11. The highest BCUT2D eigenvalue weighted by Gasteiger charge is 2.32. The van der Waals surface area contributed by atoms with E-state index in [2.05, 4.69) is 16.0 Å². The first-order valence-electron chi connectivity index (χ1n) is 17.7. The van der Waals surface area contributed by atoms with Gasteiger partial charge in [-0.1, -0.05) is 30.3 Å². The lowest BCUT2D eigenvalue weighted by molar-refractivity contribution is 0.0774. The Bertz CT molecular complexity index is 2150. The van der Waals surface area contributed by atoms with Crippen molar-refractivity contribution in [3.63, 3.8) is 0 Å². The van der Waals surface area contributed by atoms with Crippen LogP contribution in [0.15, 0.2) is 94.7 Å². The molecule has 3 aliphatic heterocycles. The van der Waals surface area contributed by atoms with Gasteiger partial charge in [0.15, 0.2) is 11.5 Å². The van der Waals surface area contributed by atoms with E-state index in [9.17, 15) is 9.59 Å². The summed E-state index contributed by atoms with van der Waals surface area (Å²) in [5.41, 5.74) is 4.37. The second-order valence-electron chi connectivity index (χ2n) is 12.9. The first kappa shape index (κ1) is 33.0. The Hall–Kier alpha value is -5.21. The monoisotopic (exact) mass is 701 g/mol. The molecule has 0 radical (unpaired) electrons. The van der Waals surface area contributed by atoms with E-state index in [0.717, 1.165) is 56.6 Å². The molecule has 1 aromatic heterocycles. The number of benzene rings is 4. The molecule has 1 amide bonds. The number of fused-ring (bicyclic) bond motifs is 3. The molecule has 3 aliphatic rings. The lowest BCUT2D eigenvalue weighted by Gasteiger charge is -2.20. The smallest absolute Gasteiger partial charge is 0.266 e. The molecule has 0 aliphatic carbocycles. The number of amides is 1. The first-order valence-corrected chi connectivity index (χ1v) is 19.1. The number of ether oxygens (including phenoxy) is 3. The van der Waals surface area contributed by atoms with E-state index in [1.54, 1.807) is 10.6 Å². The molecule has 0 bridgehead atoms. The van der Waals surface area contributed by atoms with Gasteiger partial charge in [0.2, 0.25) is 0 Å². The van der Waals surface area contributed by atoms with E-state index in [1.807, 2.05) is 90.8 Å². The van der Waals surface area contributed by atoms with E-state index < -0.39 is 0 Å². The van der Waals surface area contributed by atoms with Gasteiger partial charge in [0.25, 0.3) is 11.5 Å². The highest BCUT2D eigenvalue weighted by molar-refractivity contribution is 7.37. The summed E-state index contributed by atoms with van der Waals surface area (Å²) in [5, 5.41) is 0.598. The van der Waals surface area contributed by atoms with Crippen molar-refractivity contribution in [3.8, 4) is 34.3 Å². The average Bonchev–Trinajstić information content (AvgIpc) is 3.86. The van der Waals surface area contributed by atoms with Crippen molar-refractivity contribution < 1.29 is 19.0 Å². The van der Waals surface area contributed by atoms with Crippen LogP contribution < -0.4 is 24.7 Å². The van der Waals surface area contributed by atoms with Gasteiger partial charge in [0.05, 0.1) is 40.5 Å². The van der Waals surface area contributed by atoms with E-state index in [0.29, 0.717) is 78.8 Å². The fourth-order valence-electron chi connectivity index (χ4n) is 7.09. The Morgan fingerprint density at radius 2 is 1.57 bits per heavy atom. The van der Waals surface area contributed by atoms with Gasteiger partial charge in [0.1, 0.15) is 24.3 Å². The number of carbonyl (C=O) groups excluding carboxylic acids is 1. The summed E-state index contributed by atoms with van der Waals surface area (Å²) < 4.78 is 19.8. The Morgan fingerprint density at radius 3 is 2.37 bits per heavy atom. The average molecular weight is 702 g/mol. The van der Waals surface area contributed by atoms with Gasteiger partial charge in [-0.2, -0.15) is 0 Å². The standard InChI is InChI=1S/C40H40N5O5P/c1-2-48-36-22-33-35(41-24-30-11-8-20-44(30)39(33)46)23-37(36)50-26-51-25-49-31-15-12-28(13-16-31)45-38(27-9-4-3-5-10-27)42-34-17-14-29(21-32(34)40(45)47)43-18-6-7-19-43/h3-5,9-10,12-17,21-24,30,51H,2,6-8,11,18-20,25-26H2,1H3. The summed E-state index contributed by atoms with van der Waals surface area (Å²) in [6.07, 6.45) is 6.99. The van der Waals surface area contributed by atoms with Crippen molar-refractivity contribution in [3.05, 3.63) is 101 Å². The molecule has 11 heteroatoms. The van der Waals surface area contributed by atoms with Crippen molar-refractivity contribution in [2.75, 3.05) is 43.8 Å². The Morgan fingerprint density at radius 1 is 0.804 bits per heavy atom. The second-order valence-corrected chi connectivity index (χ2v) is 14.0. The first-order chi connectivity index (χ1) is 25.1. The minimum Gasteiger partial charge on any atom is -0.490 e. The minimum absolute atomic E-state index is 0.0107. The van der Waals surface area contributed by atoms with Gasteiger partial charge in [-0.25, -0.2) is 4.98 Å². The predicted octanol–water partition coefficient (Wildman–Crippen LogP) is 7.42. The molecule has 2 saturated heterocycles. The van der Waals surface area contributed by atoms with Crippen LogP contribution in [0.5, 0.6) is 17.2 Å². The molecule has 8 rings (SSSR count). The number of anilines is 1. The molecule has 2 fully saturated rings. The fraction of sp³-hybridized carbons (Fsp3) is 0.300. The van der Waals surface area contributed by atoms with Crippen LogP contribution in [0.4, 0.5) is 11.4 Å². The normalized spacial score (nSPS) is 16.9. The van der Waals surface area contributed by atoms with E-state index in [1.165, 1.54) is 0 Å². The second kappa shape index (κ2) is 14.6. The summed E-state index contributed by atoms with van der Waals surface area (Å²) in [6, 6.07) is 27.0. The SMILES string of the molecule is CCOc1cc2c(cc1OCPCOc1ccc(-n3c(-c4ccccc4)nc4ccc(N5CCCC5)cc4c3=O)cc1)N=CC1CCCN1C2=O. The van der Waals surface area contributed by atoms with Gasteiger partial charge >= 0.3 is 0 Å². The molecule has 4 heterocycles. The van der Waals surface area contributed by atoms with E-state index >= 15 is 0 Å². The van der Waals surface area contributed by atoms with Crippen LogP contribution >= 0.6 is 8.58 Å². The topological polar surface area (TPSA) is 98.5 Å². The van der Waals surface area contributed by atoms with Crippen LogP contribution in [0.25, 0.3) is 28.0 Å². The van der Waals surface area contributed by atoms with Crippen LogP contribution in [0, 0.1) is 0 Å². The molecular weight excluding hydrogens is 661 g/mol. The molecule has 0 saturated carbocycles. The summed E-state index contributed by atoms with van der Waals surface area (Å²) >= 11 is 0. The number of carbonyl (C=O) groups is 1. The quantitative estimate of drug-likeness (QED) is 0.104. The van der Waals surface area contributed by atoms with E-state index in [-0.39, 0.29) is 17.5 Å². The summed E-state index contributed by atoms with van der Waals surface area (Å²) in [7, 11) is 0.339. The zero-order valence-corrected chi connectivity index (χ0v) is 29.6. The number of aliphatic imine (C=N–C) groups is 1. The van der Waals surface area contributed by atoms with Crippen molar-refractivity contribution in [1.82, 2.24) is 14.5 Å². The Labute approximate surface area is 298 Å². The Balaban J connectivity index is 0.968. The van der Waals surface area contributed by atoms with Crippen LogP contribution in [-0.2, 0) is 0 Å². The predicted molar refractivity (Wildman–Crippen MR) is 203 cm³/mol. The molecule has 5 aromatic rings. The van der Waals surface area contributed by atoms with Crippen molar-refractivity contribution >= 4 is 43.0 Å². The summed E-state index contributed by atoms with van der Waals surface area (Å²) in [4.78, 5) is 41.3. The number of hydrogen-bond donors (Lipinski definition) is 0. The summed E-state index contributed by atoms with van der Waals surface area (Å²) in [6.45, 7) is 5.11. The molecule has 0 spiro atoms. The highest BCUT2D eigenvalue weighted by atomic mass is 31.1. The Kier molecular flexibility index (Phi) is 9.41. The summed E-state index contributed by atoms with van der Waals surface area (Å²) in [5.74, 6) is 2.38. The highest BCUT2D eigenvalue weighted by Crippen LogP contribution is 2.39. The molecule has 4 aromatic carbocycles. The third kappa shape index (κ3) is 6.68. The number of hydrogen-bond acceptors (Lipinski definition) is 8. The van der Waals surface area contributed by atoms with Crippen LogP contribution in [0.3, 0.4) is 0 Å². The maximum Gasteiger partial charge on any atom is 0.266 e. The molecule has 10 nitrogen and oxygen atoms in total. The lowest BCUT2D eigenvalue weighted by atomic mass is 10.1. The third-order valence-corrected chi connectivity index (χ3v) is 10.4. The maximum absolute atomic E-state index is 14.2. The minimum atomic E-state index is -0.105. The van der Waals surface area contributed by atoms with Crippen molar-refractivity contribution in [1.29, 1.82) is 0 Å². The van der Waals surface area contributed by atoms with E-state index in [4.69, 9.17) is 19.2 Å². The number of aromatic nitrogens is 2. The van der Waals surface area contributed by atoms with Crippen molar-refractivity contribution in [2.24, 2.45) is 4.99 Å². The maximum atomic E-state index is 14.2. The van der Waals surface area contributed by atoms with Gasteiger partial charge in [-0.05, 0) is 89.7 Å². The number of nitrogens with zero attached hydrogens (tertiary/aromatic N) is 5.